The average Bonchev–Trinajstić information content (AvgIpc) is 3.47. The maximum absolute atomic E-state index is 7.12. The van der Waals surface area contributed by atoms with E-state index < -0.39 is 0 Å². The Morgan fingerprint density at radius 3 is 2.37 bits per heavy atom. The van der Waals surface area contributed by atoms with Gasteiger partial charge in [0, 0.05) is 45.4 Å². The molecular weight excluding hydrogens is 520 g/mol. The summed E-state index contributed by atoms with van der Waals surface area (Å²) in [6.45, 7) is 9.56. The quantitative estimate of drug-likeness (QED) is 0.141. The first kappa shape index (κ1) is 25.6. The lowest BCUT2D eigenvalue weighted by atomic mass is 9.93. The molecule has 0 spiro atoms. The van der Waals surface area contributed by atoms with Crippen LogP contribution in [0.2, 0.25) is 0 Å². The van der Waals surface area contributed by atoms with Crippen LogP contribution in [0.4, 0.5) is 5.69 Å². The van der Waals surface area contributed by atoms with Gasteiger partial charge in [0.25, 0.3) is 0 Å². The number of nitrogens with zero attached hydrogens (tertiary/aromatic N) is 2. The van der Waals surface area contributed by atoms with Gasteiger partial charge < -0.3 is 4.57 Å². The zero-order valence-corrected chi connectivity index (χ0v) is 23.9. The van der Waals surface area contributed by atoms with E-state index >= 15 is 0 Å². The molecule has 0 amide bonds. The van der Waals surface area contributed by atoms with Crippen molar-refractivity contribution in [1.82, 2.24) is 4.57 Å². The van der Waals surface area contributed by atoms with Crippen molar-refractivity contribution in [3.63, 3.8) is 0 Å². The Balaban J connectivity index is 1.31. The van der Waals surface area contributed by atoms with Crippen molar-refractivity contribution in [3.05, 3.63) is 143 Å². The van der Waals surface area contributed by atoms with Gasteiger partial charge in [-0.2, -0.15) is 4.58 Å². The summed E-state index contributed by atoms with van der Waals surface area (Å²) in [4.78, 5) is 0. The summed E-state index contributed by atoms with van der Waals surface area (Å²) in [6.07, 6.45) is 15.9. The summed E-state index contributed by atoms with van der Waals surface area (Å²) in [5.41, 5.74) is 7.33. The largest absolute Gasteiger partial charge is 0.337 e. The minimum absolute atomic E-state index is 0.759. The van der Waals surface area contributed by atoms with E-state index in [9.17, 15) is 0 Å². The van der Waals surface area contributed by atoms with Crippen molar-refractivity contribution in [2.45, 2.75) is 25.8 Å². The maximum atomic E-state index is 7.12. The molecule has 2 aliphatic rings. The minimum Gasteiger partial charge on any atom is -0.337 e. The fourth-order valence-corrected chi connectivity index (χ4v) is 6.96. The van der Waals surface area contributed by atoms with Gasteiger partial charge in [0.15, 0.2) is 6.54 Å². The Hall–Kier alpha value is -4.40. The maximum Gasteiger partial charge on any atom is 0.214 e. The van der Waals surface area contributed by atoms with E-state index in [2.05, 4.69) is 119 Å². The molecule has 0 saturated heterocycles. The second-order valence-corrected chi connectivity index (χ2v) is 11.2. The number of rotatable bonds is 7. The van der Waals surface area contributed by atoms with Gasteiger partial charge in [0.2, 0.25) is 11.4 Å². The third-order valence-corrected chi connectivity index (χ3v) is 8.93. The highest BCUT2D eigenvalue weighted by Crippen LogP contribution is 2.37. The number of allylic oxidation sites excluding steroid dienone is 7. The number of hydrogen-bond acceptors (Lipinski definition) is 0. The molecule has 0 N–H and O–H groups in total. The third kappa shape index (κ3) is 4.22. The Bertz CT molecular complexity index is 2050. The molecule has 0 atom stereocenters. The van der Waals surface area contributed by atoms with E-state index in [1.165, 1.54) is 65.9 Å². The summed E-state index contributed by atoms with van der Waals surface area (Å²) in [7, 11) is 0. The molecule has 1 aliphatic carbocycles. The first-order valence-electron chi connectivity index (χ1n) is 14.4. The molecule has 2 heterocycles. The van der Waals surface area contributed by atoms with Crippen LogP contribution in [0.15, 0.2) is 133 Å². The van der Waals surface area contributed by atoms with Crippen LogP contribution >= 0.6 is 11.6 Å². The van der Waals surface area contributed by atoms with Gasteiger partial charge in [-0.15, -0.1) is 6.58 Å². The highest BCUT2D eigenvalue weighted by atomic mass is 35.5. The molecule has 5 aromatic rings. The molecule has 0 bridgehead atoms. The van der Waals surface area contributed by atoms with Crippen LogP contribution in [0, 0.1) is 0 Å². The smallest absolute Gasteiger partial charge is 0.214 e. The normalized spacial score (nSPS) is 16.9. The number of halogens is 1. The molecule has 4 aromatic carbocycles. The zero-order chi connectivity index (χ0) is 27.9. The Labute approximate surface area is 245 Å². The van der Waals surface area contributed by atoms with E-state index in [1.54, 1.807) is 0 Å². The van der Waals surface area contributed by atoms with Crippen molar-refractivity contribution >= 4 is 61.5 Å². The van der Waals surface area contributed by atoms with Crippen LogP contribution in [0.3, 0.4) is 0 Å². The van der Waals surface area contributed by atoms with Crippen LogP contribution in [0.1, 0.15) is 24.8 Å². The Morgan fingerprint density at radius 1 is 0.805 bits per heavy atom. The van der Waals surface area contributed by atoms with Crippen LogP contribution in [-0.4, -0.2) is 21.4 Å². The van der Waals surface area contributed by atoms with Crippen molar-refractivity contribution < 1.29 is 4.58 Å². The summed E-state index contributed by atoms with van der Waals surface area (Å²) < 4.78 is 4.71. The highest BCUT2D eigenvalue weighted by Gasteiger charge is 2.29. The van der Waals surface area contributed by atoms with Crippen LogP contribution < -0.4 is 5.35 Å². The van der Waals surface area contributed by atoms with Gasteiger partial charge in [-0.1, -0.05) is 91.0 Å². The summed E-state index contributed by atoms with van der Waals surface area (Å²) >= 11 is 7.12. The van der Waals surface area contributed by atoms with Crippen LogP contribution in [0.25, 0.3) is 38.5 Å². The fourth-order valence-electron chi connectivity index (χ4n) is 6.65. The molecular formula is C38H32ClN2+. The van der Waals surface area contributed by atoms with Crippen molar-refractivity contribution in [2.24, 2.45) is 0 Å². The molecule has 7 rings (SSSR count). The lowest BCUT2D eigenvalue weighted by molar-refractivity contribution is -0.423. The monoisotopic (exact) mass is 551 g/mol. The van der Waals surface area contributed by atoms with E-state index in [0.29, 0.717) is 0 Å². The van der Waals surface area contributed by atoms with E-state index in [-0.39, 0.29) is 0 Å². The van der Waals surface area contributed by atoms with Gasteiger partial charge in [0.1, 0.15) is 0 Å². The first-order valence-corrected chi connectivity index (χ1v) is 14.7. The predicted octanol–water partition coefficient (Wildman–Crippen LogP) is 9.13. The standard InChI is InChI=1S/C38H32ClN2/c1-3-24-40-32(30-16-6-10-26-12-8-18-34(40)36(26)30)22-20-28-14-5-15-29(38(28)39)21-23-33-31-17-7-11-27-13-9-19-35(37(27)31)41(33)25-4-2/h3-4,6-13,16-23H,1-2,5,14-15,24-25H2/q+1. The third-order valence-electron chi connectivity index (χ3n) is 8.44. The highest BCUT2D eigenvalue weighted by molar-refractivity contribution is 6.32. The molecule has 3 heteroatoms. The summed E-state index contributed by atoms with van der Waals surface area (Å²) in [5.74, 6) is 0. The fraction of sp³-hybridized carbons (Fsp3) is 0.132. The number of hydrogen-bond donors (Lipinski definition) is 0. The molecule has 0 saturated carbocycles. The molecule has 200 valence electrons. The van der Waals surface area contributed by atoms with Gasteiger partial charge in [0.05, 0.1) is 10.9 Å². The van der Waals surface area contributed by atoms with Crippen molar-refractivity contribution in [3.8, 4) is 0 Å². The predicted molar refractivity (Wildman–Crippen MR) is 176 cm³/mol. The average molecular weight is 552 g/mol. The number of aromatic nitrogens is 1. The van der Waals surface area contributed by atoms with E-state index in [4.69, 9.17) is 11.6 Å². The van der Waals surface area contributed by atoms with Crippen molar-refractivity contribution in [1.29, 1.82) is 0 Å². The first-order chi connectivity index (χ1) is 20.2. The van der Waals surface area contributed by atoms with Crippen LogP contribution in [-0.2, 0) is 6.54 Å². The van der Waals surface area contributed by atoms with Gasteiger partial charge >= 0.3 is 0 Å². The molecule has 2 nitrogen and oxygen atoms in total. The Kier molecular flexibility index (Phi) is 6.57. The van der Waals surface area contributed by atoms with Crippen molar-refractivity contribution in [2.75, 3.05) is 6.54 Å². The minimum atomic E-state index is 0.759. The lowest BCUT2D eigenvalue weighted by Crippen LogP contribution is -2.15. The van der Waals surface area contributed by atoms with E-state index in [1.807, 2.05) is 12.2 Å². The SMILES string of the molecule is C=CCn1/c(=C/C=C2/CCCC(/C=C/C3=[N+](CC=C)c4cccc5cccc3c45)=C2Cl)c2cccc3cccc1c32. The summed E-state index contributed by atoms with van der Waals surface area (Å²) in [6, 6.07) is 26.2. The van der Waals surface area contributed by atoms with Gasteiger partial charge in [-0.05, 0) is 65.5 Å². The van der Waals surface area contributed by atoms with Gasteiger partial charge in [-0.3, -0.25) is 0 Å². The summed E-state index contributed by atoms with van der Waals surface area (Å²) in [5, 5.41) is 8.48. The topological polar surface area (TPSA) is 7.94 Å². The lowest BCUT2D eigenvalue weighted by Gasteiger charge is -2.16. The molecule has 0 unspecified atom stereocenters. The zero-order valence-electron chi connectivity index (χ0n) is 23.1. The second kappa shape index (κ2) is 10.5. The van der Waals surface area contributed by atoms with Crippen LogP contribution in [0.5, 0.6) is 0 Å². The molecule has 41 heavy (non-hydrogen) atoms. The molecule has 1 aliphatic heterocycles. The molecule has 1 aromatic heterocycles. The molecule has 0 radical (unpaired) electrons. The molecule has 0 fully saturated rings. The van der Waals surface area contributed by atoms with Gasteiger partial charge in [-0.25, -0.2) is 0 Å². The van der Waals surface area contributed by atoms with E-state index in [0.717, 1.165) is 37.4 Å². The second-order valence-electron chi connectivity index (χ2n) is 10.8. The number of benzene rings is 4. The Morgan fingerprint density at radius 2 is 1.56 bits per heavy atom.